The van der Waals surface area contributed by atoms with Crippen molar-refractivity contribution in [2.24, 2.45) is 5.92 Å². The first-order valence-corrected chi connectivity index (χ1v) is 18.0. The minimum Gasteiger partial charge on any atom is -0.491 e. The number of hydrogen-bond donors (Lipinski definition) is 2. The van der Waals surface area contributed by atoms with Crippen LogP contribution in [0.3, 0.4) is 0 Å². The van der Waals surface area contributed by atoms with Crippen molar-refractivity contribution in [2.75, 3.05) is 57.1 Å². The molecule has 40 heavy (non-hydrogen) atoms. The predicted molar refractivity (Wildman–Crippen MR) is 173 cm³/mol. The predicted octanol–water partition coefficient (Wildman–Crippen LogP) is 7.65. The van der Waals surface area contributed by atoms with Gasteiger partial charge in [-0.3, -0.25) is 0 Å². The molecule has 214 valence electrons. The Labute approximate surface area is 244 Å². The fourth-order valence-electron chi connectivity index (χ4n) is 6.39. The maximum absolute atomic E-state index is 6.88. The van der Waals surface area contributed by atoms with E-state index in [0.29, 0.717) is 25.7 Å². The normalized spacial score (nSPS) is 21.7. The summed E-state index contributed by atoms with van der Waals surface area (Å²) in [6, 6.07) is 26.6. The lowest BCUT2D eigenvalue weighted by molar-refractivity contribution is 0.0510. The second-order valence-corrected chi connectivity index (χ2v) is 15.7. The molecule has 2 aliphatic rings. The Kier molecular flexibility index (Phi) is 9.08. The Morgan fingerprint density at radius 3 is 1.98 bits per heavy atom. The van der Waals surface area contributed by atoms with E-state index in [1.54, 1.807) is 19.1 Å². The van der Waals surface area contributed by atoms with Crippen LogP contribution in [0.2, 0.25) is 0 Å². The number of fused-ring (bicyclic) bond motifs is 2. The summed E-state index contributed by atoms with van der Waals surface area (Å²) < 4.78 is 23.9. The van der Waals surface area contributed by atoms with Gasteiger partial charge in [0.2, 0.25) is 0 Å². The molecule has 2 aliphatic heterocycles. The van der Waals surface area contributed by atoms with E-state index in [9.17, 15) is 0 Å². The Hall–Kier alpha value is -2.38. The third kappa shape index (κ3) is 5.82. The average Bonchev–Trinajstić information content (AvgIpc) is 3.71. The second kappa shape index (κ2) is 13.1. The van der Waals surface area contributed by atoms with Crippen molar-refractivity contribution in [2.45, 2.75) is 35.2 Å². The van der Waals surface area contributed by atoms with Crippen molar-refractivity contribution in [3.05, 3.63) is 72.8 Å². The van der Waals surface area contributed by atoms with Gasteiger partial charge in [-0.05, 0) is 87.1 Å². The third-order valence-electron chi connectivity index (χ3n) is 8.41. The highest BCUT2D eigenvalue weighted by Crippen LogP contribution is 2.51. The molecule has 6 heteroatoms. The Morgan fingerprint density at radius 2 is 1.30 bits per heavy atom. The lowest BCUT2D eigenvalue weighted by Gasteiger charge is -2.27. The first-order valence-electron chi connectivity index (χ1n) is 14.6. The van der Waals surface area contributed by atoms with Crippen LogP contribution in [-0.4, -0.2) is 63.2 Å². The zero-order chi connectivity index (χ0) is 27.3. The summed E-state index contributed by atoms with van der Waals surface area (Å²) in [5.74, 6) is 7.55. The van der Waals surface area contributed by atoms with E-state index < -0.39 is 0 Å². The summed E-state index contributed by atoms with van der Waals surface area (Å²) in [5, 5.41) is 5.16. The monoisotopic (exact) mass is 578 g/mol. The second-order valence-electron chi connectivity index (χ2n) is 10.9. The summed E-state index contributed by atoms with van der Waals surface area (Å²) in [5.41, 5.74) is 0. The van der Waals surface area contributed by atoms with Crippen molar-refractivity contribution in [3.63, 3.8) is 0 Å². The van der Waals surface area contributed by atoms with E-state index in [-0.39, 0.29) is 27.9 Å². The van der Waals surface area contributed by atoms with Crippen LogP contribution in [0.1, 0.15) is 19.3 Å². The van der Waals surface area contributed by atoms with E-state index >= 15 is 0 Å². The molecular formula is C34H42O4S2. The molecule has 0 spiro atoms. The molecule has 0 aromatic heterocycles. The fourth-order valence-corrected chi connectivity index (χ4v) is 12.2. The minimum atomic E-state index is -0.285. The quantitative estimate of drug-likeness (QED) is 0.142. The first kappa shape index (κ1) is 27.8. The highest BCUT2D eigenvalue weighted by molar-refractivity contribution is 8.17. The van der Waals surface area contributed by atoms with Crippen LogP contribution in [0, 0.1) is 5.92 Å². The highest BCUT2D eigenvalue weighted by atomic mass is 32.2. The minimum absolute atomic E-state index is 0.0345. The van der Waals surface area contributed by atoms with Gasteiger partial charge < -0.3 is 18.9 Å². The third-order valence-corrected chi connectivity index (χ3v) is 14.0. The summed E-state index contributed by atoms with van der Waals surface area (Å²) in [4.78, 5) is 3.04. The molecule has 0 bridgehead atoms. The molecule has 4 nitrogen and oxygen atoms in total. The number of thiol groups is 2. The highest BCUT2D eigenvalue weighted by Gasteiger charge is 2.32. The van der Waals surface area contributed by atoms with Gasteiger partial charge in [-0.1, -0.05) is 48.5 Å². The molecule has 0 radical (unpaired) electrons. The zero-order valence-electron chi connectivity index (χ0n) is 23.7. The van der Waals surface area contributed by atoms with Crippen LogP contribution in [0.15, 0.2) is 82.6 Å². The van der Waals surface area contributed by atoms with Crippen LogP contribution < -0.4 is 9.47 Å². The topological polar surface area (TPSA) is 36.9 Å². The van der Waals surface area contributed by atoms with Gasteiger partial charge in [0, 0.05) is 30.9 Å². The molecule has 2 heterocycles. The standard InChI is InChI=1S/C34H42O4S2/c1-35-18-19-37-30-13-15-34(28-11-5-3-9-26(28)30)40-22-17-25(24-40)32(23-36-2)38-31-14-16-33(39-20-7-8-21-39)29-12-6-4-10-27(29)31/h3-6,9-16,25,32,39-40H,7-8,17-24H2,1-2H3. The van der Waals surface area contributed by atoms with Gasteiger partial charge in [0.15, 0.2) is 0 Å². The lowest BCUT2D eigenvalue weighted by Crippen LogP contribution is -2.31. The molecule has 2 saturated heterocycles. The number of rotatable bonds is 11. The maximum Gasteiger partial charge on any atom is 0.127 e. The molecular weight excluding hydrogens is 537 g/mol. The van der Waals surface area contributed by atoms with Gasteiger partial charge in [0.05, 0.1) is 13.2 Å². The van der Waals surface area contributed by atoms with Crippen LogP contribution in [0.25, 0.3) is 21.5 Å². The molecule has 2 fully saturated rings. The van der Waals surface area contributed by atoms with E-state index in [0.717, 1.165) is 11.5 Å². The van der Waals surface area contributed by atoms with E-state index in [1.165, 1.54) is 68.7 Å². The van der Waals surface area contributed by atoms with Gasteiger partial charge in [-0.25, -0.2) is 21.8 Å². The molecule has 0 saturated carbocycles. The average molecular weight is 579 g/mol. The van der Waals surface area contributed by atoms with Crippen LogP contribution >= 0.6 is 21.8 Å². The number of methoxy groups -OCH3 is 2. The maximum atomic E-state index is 6.88. The molecule has 4 aromatic rings. The van der Waals surface area contributed by atoms with Gasteiger partial charge in [-0.2, -0.15) is 0 Å². The molecule has 6 rings (SSSR count). The SMILES string of the molecule is COCCOc1ccc([SH]2CCC(C(COC)Oc3ccc([SH]4CCCC4)c4ccccc34)C2)c2ccccc12. The van der Waals surface area contributed by atoms with Crippen molar-refractivity contribution < 1.29 is 18.9 Å². The number of benzene rings is 4. The molecule has 3 atom stereocenters. The van der Waals surface area contributed by atoms with Gasteiger partial charge in [0.25, 0.3) is 0 Å². The van der Waals surface area contributed by atoms with E-state index in [2.05, 4.69) is 72.8 Å². The van der Waals surface area contributed by atoms with E-state index in [4.69, 9.17) is 18.9 Å². The van der Waals surface area contributed by atoms with Crippen LogP contribution in [0.5, 0.6) is 11.5 Å². The Bertz CT molecular complexity index is 1430. The van der Waals surface area contributed by atoms with Crippen molar-refractivity contribution in [1.82, 2.24) is 0 Å². The molecule has 4 aromatic carbocycles. The zero-order valence-corrected chi connectivity index (χ0v) is 25.5. The Balaban J connectivity index is 1.23. The summed E-state index contributed by atoms with van der Waals surface area (Å²) in [6.45, 7) is 1.76. The molecule has 3 unspecified atom stereocenters. The van der Waals surface area contributed by atoms with Crippen LogP contribution in [-0.2, 0) is 9.47 Å². The lowest BCUT2D eigenvalue weighted by atomic mass is 10.0. The Morgan fingerprint density at radius 1 is 0.675 bits per heavy atom. The van der Waals surface area contributed by atoms with Crippen LogP contribution in [0.4, 0.5) is 0 Å². The summed E-state index contributed by atoms with van der Waals surface area (Å²) >= 11 is 0. The number of hydrogen-bond acceptors (Lipinski definition) is 4. The van der Waals surface area contributed by atoms with Gasteiger partial charge >= 0.3 is 0 Å². The van der Waals surface area contributed by atoms with Gasteiger partial charge in [-0.15, -0.1) is 0 Å². The first-order chi connectivity index (χ1) is 19.8. The van der Waals surface area contributed by atoms with Gasteiger partial charge in [0.1, 0.15) is 24.2 Å². The van der Waals surface area contributed by atoms with Crippen molar-refractivity contribution in [3.8, 4) is 11.5 Å². The van der Waals surface area contributed by atoms with E-state index in [1.807, 2.05) is 0 Å². The summed E-state index contributed by atoms with van der Waals surface area (Å²) in [6.07, 6.45) is 3.96. The molecule has 0 N–H and O–H groups in total. The smallest absolute Gasteiger partial charge is 0.127 e. The summed E-state index contributed by atoms with van der Waals surface area (Å²) in [7, 11) is 3.19. The number of ether oxygens (including phenoxy) is 4. The molecule has 0 amide bonds. The van der Waals surface area contributed by atoms with Crippen molar-refractivity contribution in [1.29, 1.82) is 0 Å². The molecule has 0 aliphatic carbocycles. The largest absolute Gasteiger partial charge is 0.491 e. The van der Waals surface area contributed by atoms with Crippen molar-refractivity contribution >= 4 is 43.3 Å². The fraction of sp³-hybridized carbons (Fsp3) is 0.412.